The normalized spacial score (nSPS) is 21.7. The van der Waals surface area contributed by atoms with Crippen LogP contribution >= 0.6 is 24.8 Å². The quantitative estimate of drug-likeness (QED) is 0.876. The van der Waals surface area contributed by atoms with Crippen LogP contribution in [-0.2, 0) is 4.79 Å². The number of hydrogen-bond acceptors (Lipinski definition) is 3. The molecular formula is C11H16Cl2FN3O. The summed E-state index contributed by atoms with van der Waals surface area (Å²) < 4.78 is 12.9. The Balaban J connectivity index is 0.00000144. The van der Waals surface area contributed by atoms with Gasteiger partial charge in [0.1, 0.15) is 6.17 Å². The zero-order valence-corrected chi connectivity index (χ0v) is 11.5. The first-order chi connectivity index (χ1) is 7.66. The number of rotatable bonds is 2. The van der Waals surface area contributed by atoms with E-state index in [1.807, 2.05) is 13.0 Å². The topological polar surface area (TPSA) is 54.0 Å². The molecule has 1 amide bonds. The van der Waals surface area contributed by atoms with Crippen molar-refractivity contribution in [2.45, 2.75) is 25.6 Å². The summed E-state index contributed by atoms with van der Waals surface area (Å²) in [7, 11) is 0. The maximum absolute atomic E-state index is 12.9. The maximum atomic E-state index is 12.9. The minimum atomic E-state index is -0.925. The van der Waals surface area contributed by atoms with Gasteiger partial charge in [-0.05, 0) is 18.6 Å². The van der Waals surface area contributed by atoms with Crippen LogP contribution in [0.2, 0.25) is 0 Å². The van der Waals surface area contributed by atoms with Crippen molar-refractivity contribution in [1.82, 2.24) is 10.3 Å². The van der Waals surface area contributed by atoms with E-state index in [4.69, 9.17) is 0 Å². The molecule has 0 saturated carbocycles. The number of nitrogens with zero attached hydrogens (tertiary/aromatic N) is 1. The van der Waals surface area contributed by atoms with Crippen molar-refractivity contribution in [3.8, 4) is 0 Å². The number of aryl methyl sites for hydroxylation is 1. The number of aromatic nitrogens is 1. The van der Waals surface area contributed by atoms with Gasteiger partial charge in [0.25, 0.3) is 0 Å². The van der Waals surface area contributed by atoms with Crippen molar-refractivity contribution in [3.63, 3.8) is 0 Å². The lowest BCUT2D eigenvalue weighted by molar-refractivity contribution is -0.117. The standard InChI is InChI=1S/C11H14FN3O.2ClH/c1-7-2-3-13-6-10(7)15-11(16)9-4-8(12)5-14-9;;/h2-3,6,8-9,14H,4-5H2,1H3,(H,15,16);2*1H/t8-,9+;;/m0../s1. The molecule has 102 valence electrons. The van der Waals surface area contributed by atoms with Crippen molar-refractivity contribution in [2.24, 2.45) is 0 Å². The van der Waals surface area contributed by atoms with Crippen molar-refractivity contribution in [2.75, 3.05) is 11.9 Å². The second kappa shape index (κ2) is 7.51. The number of nitrogens with one attached hydrogen (secondary N) is 2. The van der Waals surface area contributed by atoms with Crippen molar-refractivity contribution < 1.29 is 9.18 Å². The fourth-order valence-corrected chi connectivity index (χ4v) is 1.71. The summed E-state index contributed by atoms with van der Waals surface area (Å²) in [6.45, 7) is 2.14. The number of carbonyl (C=O) groups excluding carboxylic acids is 1. The molecule has 1 aromatic heterocycles. The van der Waals surface area contributed by atoms with Gasteiger partial charge in [-0.25, -0.2) is 4.39 Å². The summed E-state index contributed by atoms with van der Waals surface area (Å²) in [4.78, 5) is 15.7. The highest BCUT2D eigenvalue weighted by molar-refractivity contribution is 5.95. The Morgan fingerprint density at radius 1 is 1.56 bits per heavy atom. The summed E-state index contributed by atoms with van der Waals surface area (Å²) in [6.07, 6.45) is 2.57. The molecule has 1 fully saturated rings. The molecule has 0 radical (unpaired) electrons. The first kappa shape index (κ1) is 17.1. The van der Waals surface area contributed by atoms with E-state index in [0.29, 0.717) is 5.69 Å². The van der Waals surface area contributed by atoms with Crippen LogP contribution < -0.4 is 10.6 Å². The molecule has 0 bridgehead atoms. The molecule has 18 heavy (non-hydrogen) atoms. The Bertz CT molecular complexity index is 406. The number of anilines is 1. The first-order valence-electron chi connectivity index (χ1n) is 5.26. The molecule has 2 N–H and O–H groups in total. The zero-order valence-electron chi connectivity index (χ0n) is 9.85. The summed E-state index contributed by atoms with van der Waals surface area (Å²) in [5.74, 6) is -0.198. The molecule has 1 aliphatic heterocycles. The molecule has 1 saturated heterocycles. The minimum Gasteiger partial charge on any atom is -0.323 e. The molecule has 0 spiro atoms. The van der Waals surface area contributed by atoms with Gasteiger partial charge in [-0.1, -0.05) is 0 Å². The fourth-order valence-electron chi connectivity index (χ4n) is 1.71. The van der Waals surface area contributed by atoms with Gasteiger partial charge in [0.15, 0.2) is 0 Å². The highest BCUT2D eigenvalue weighted by Crippen LogP contribution is 2.15. The van der Waals surface area contributed by atoms with Crippen LogP contribution in [0.4, 0.5) is 10.1 Å². The van der Waals surface area contributed by atoms with Gasteiger partial charge in [0.05, 0.1) is 17.9 Å². The van der Waals surface area contributed by atoms with E-state index in [2.05, 4.69) is 15.6 Å². The van der Waals surface area contributed by atoms with Gasteiger partial charge in [0, 0.05) is 19.2 Å². The monoisotopic (exact) mass is 295 g/mol. The van der Waals surface area contributed by atoms with Gasteiger partial charge < -0.3 is 10.6 Å². The van der Waals surface area contributed by atoms with Gasteiger partial charge in [-0.3, -0.25) is 9.78 Å². The zero-order chi connectivity index (χ0) is 11.5. The predicted molar refractivity (Wildman–Crippen MR) is 73.4 cm³/mol. The van der Waals surface area contributed by atoms with E-state index in [1.54, 1.807) is 12.4 Å². The smallest absolute Gasteiger partial charge is 0.241 e. The maximum Gasteiger partial charge on any atom is 0.241 e. The molecule has 0 unspecified atom stereocenters. The Morgan fingerprint density at radius 3 is 2.83 bits per heavy atom. The van der Waals surface area contributed by atoms with Crippen LogP contribution in [0.15, 0.2) is 18.5 Å². The minimum absolute atomic E-state index is 0. The molecule has 2 rings (SSSR count). The summed E-state index contributed by atoms with van der Waals surface area (Å²) >= 11 is 0. The van der Waals surface area contributed by atoms with E-state index in [9.17, 15) is 9.18 Å². The Morgan fingerprint density at radius 2 is 2.28 bits per heavy atom. The predicted octanol–water partition coefficient (Wildman–Crippen LogP) is 1.87. The number of hydrogen-bond donors (Lipinski definition) is 2. The first-order valence-corrected chi connectivity index (χ1v) is 5.26. The SMILES string of the molecule is Cc1ccncc1NC(=O)[C@H]1C[C@H](F)CN1.Cl.Cl. The van der Waals surface area contributed by atoms with Crippen molar-refractivity contribution in [3.05, 3.63) is 24.0 Å². The Hall–Kier alpha value is -0.910. The average molecular weight is 296 g/mol. The van der Waals surface area contributed by atoms with Crippen LogP contribution in [0, 0.1) is 6.92 Å². The lowest BCUT2D eigenvalue weighted by atomic mass is 10.2. The van der Waals surface area contributed by atoms with Crippen molar-refractivity contribution in [1.29, 1.82) is 0 Å². The molecule has 4 nitrogen and oxygen atoms in total. The third-order valence-corrected chi connectivity index (χ3v) is 2.69. The lowest BCUT2D eigenvalue weighted by Crippen LogP contribution is -2.35. The van der Waals surface area contributed by atoms with E-state index >= 15 is 0 Å². The number of halogens is 3. The number of amides is 1. The fraction of sp³-hybridized carbons (Fsp3) is 0.455. The van der Waals surface area contributed by atoms with Crippen LogP contribution in [0.25, 0.3) is 0 Å². The molecule has 2 heterocycles. The number of pyridine rings is 1. The number of alkyl halides is 1. The second-order valence-electron chi connectivity index (χ2n) is 3.97. The van der Waals surface area contributed by atoms with Crippen LogP contribution in [-0.4, -0.2) is 29.6 Å². The second-order valence-corrected chi connectivity index (χ2v) is 3.97. The van der Waals surface area contributed by atoms with Gasteiger partial charge in [0.2, 0.25) is 5.91 Å². The third kappa shape index (κ3) is 4.08. The van der Waals surface area contributed by atoms with E-state index in [-0.39, 0.29) is 43.7 Å². The lowest BCUT2D eigenvalue weighted by Gasteiger charge is -2.11. The van der Waals surface area contributed by atoms with E-state index < -0.39 is 12.2 Å². The molecule has 2 atom stereocenters. The summed E-state index contributed by atoms with van der Waals surface area (Å²) in [6, 6.07) is 1.38. The summed E-state index contributed by atoms with van der Waals surface area (Å²) in [5, 5.41) is 5.58. The van der Waals surface area contributed by atoms with Gasteiger partial charge in [-0.2, -0.15) is 0 Å². The van der Waals surface area contributed by atoms with Crippen molar-refractivity contribution >= 4 is 36.4 Å². The largest absolute Gasteiger partial charge is 0.323 e. The van der Waals surface area contributed by atoms with Crippen LogP contribution in [0.5, 0.6) is 0 Å². The molecular weight excluding hydrogens is 280 g/mol. The van der Waals surface area contributed by atoms with Gasteiger partial charge in [-0.15, -0.1) is 24.8 Å². The molecule has 0 aromatic carbocycles. The van der Waals surface area contributed by atoms with Crippen LogP contribution in [0.1, 0.15) is 12.0 Å². The summed E-state index contributed by atoms with van der Waals surface area (Å²) in [5.41, 5.74) is 1.62. The highest BCUT2D eigenvalue weighted by atomic mass is 35.5. The Kier molecular flexibility index (Phi) is 7.13. The van der Waals surface area contributed by atoms with Gasteiger partial charge >= 0.3 is 0 Å². The highest BCUT2D eigenvalue weighted by Gasteiger charge is 2.29. The van der Waals surface area contributed by atoms with E-state index in [0.717, 1.165) is 5.56 Å². The van der Waals surface area contributed by atoms with Crippen LogP contribution in [0.3, 0.4) is 0 Å². The number of carbonyl (C=O) groups is 1. The van der Waals surface area contributed by atoms with E-state index in [1.165, 1.54) is 0 Å². The Labute approximate surface area is 118 Å². The molecule has 1 aliphatic rings. The molecule has 0 aliphatic carbocycles. The molecule has 7 heteroatoms. The third-order valence-electron chi connectivity index (χ3n) is 2.69. The molecule has 1 aromatic rings. The average Bonchev–Trinajstić information content (AvgIpc) is 2.68.